The molecule has 0 aliphatic carbocycles. The highest BCUT2D eigenvalue weighted by Crippen LogP contribution is 2.31. The minimum atomic E-state index is -0.349. The summed E-state index contributed by atoms with van der Waals surface area (Å²) in [5.41, 5.74) is 1.03. The molecule has 1 fully saturated rings. The van der Waals surface area contributed by atoms with Crippen LogP contribution in [-0.2, 0) is 0 Å². The van der Waals surface area contributed by atoms with Crippen LogP contribution in [0.5, 0.6) is 0 Å². The molecule has 1 atom stereocenters. The summed E-state index contributed by atoms with van der Waals surface area (Å²) in [7, 11) is 0. The number of hydrogen-bond donors (Lipinski definition) is 1. The summed E-state index contributed by atoms with van der Waals surface area (Å²) in [5.74, 6) is 1.38. The molecule has 3 nitrogen and oxygen atoms in total. The fourth-order valence-corrected chi connectivity index (χ4v) is 3.24. The Morgan fingerprint density at radius 2 is 1.81 bits per heavy atom. The van der Waals surface area contributed by atoms with Crippen LogP contribution in [0.15, 0.2) is 48.7 Å². The quantitative estimate of drug-likeness (QED) is 0.808. The van der Waals surface area contributed by atoms with E-state index in [0.29, 0.717) is 5.92 Å². The van der Waals surface area contributed by atoms with Gasteiger partial charge in [0.25, 0.3) is 0 Å². The second kappa shape index (κ2) is 6.75. The summed E-state index contributed by atoms with van der Waals surface area (Å²) < 4.78 is 1.16. The standard InChI is InChI=1S/C17H19IN2O/c18-15-6-7-16(19-12-15)20-10-8-14(9-11-20)17(21)13-4-2-1-3-5-13/h1-7,12,14,17,21H,8-11H2. The smallest absolute Gasteiger partial charge is 0.128 e. The van der Waals surface area contributed by atoms with Gasteiger partial charge in [-0.1, -0.05) is 30.3 Å². The largest absolute Gasteiger partial charge is 0.388 e. The van der Waals surface area contributed by atoms with Crippen LogP contribution in [0.2, 0.25) is 0 Å². The van der Waals surface area contributed by atoms with Crippen LogP contribution in [0.4, 0.5) is 5.82 Å². The molecule has 1 N–H and O–H groups in total. The topological polar surface area (TPSA) is 36.4 Å². The number of rotatable bonds is 3. The monoisotopic (exact) mass is 394 g/mol. The van der Waals surface area contributed by atoms with E-state index in [0.717, 1.165) is 40.9 Å². The Kier molecular flexibility index (Phi) is 4.75. The number of benzene rings is 1. The van der Waals surface area contributed by atoms with Gasteiger partial charge in [0.05, 0.1) is 6.10 Å². The van der Waals surface area contributed by atoms with Crippen LogP contribution in [0.3, 0.4) is 0 Å². The number of aromatic nitrogens is 1. The lowest BCUT2D eigenvalue weighted by Gasteiger charge is -2.35. The molecule has 21 heavy (non-hydrogen) atoms. The fraction of sp³-hybridized carbons (Fsp3) is 0.353. The molecule has 110 valence electrons. The average molecular weight is 394 g/mol. The Labute approximate surface area is 139 Å². The lowest BCUT2D eigenvalue weighted by Crippen LogP contribution is -2.36. The van der Waals surface area contributed by atoms with Crippen LogP contribution in [0.1, 0.15) is 24.5 Å². The molecule has 1 aliphatic rings. The molecule has 0 spiro atoms. The zero-order valence-corrected chi connectivity index (χ0v) is 14.0. The Hall–Kier alpha value is -1.14. The van der Waals surface area contributed by atoms with Crippen molar-refractivity contribution in [3.05, 3.63) is 57.8 Å². The molecule has 2 heterocycles. The SMILES string of the molecule is OC(c1ccccc1)C1CCN(c2ccc(I)cn2)CC1. The van der Waals surface area contributed by atoms with E-state index >= 15 is 0 Å². The van der Waals surface area contributed by atoms with Crippen molar-refractivity contribution in [2.45, 2.75) is 18.9 Å². The zero-order valence-electron chi connectivity index (χ0n) is 11.8. The average Bonchev–Trinajstić information content (AvgIpc) is 2.56. The molecular weight excluding hydrogens is 375 g/mol. The number of aliphatic hydroxyl groups excluding tert-OH is 1. The Balaban J connectivity index is 1.61. The first-order valence-corrected chi connectivity index (χ1v) is 8.41. The highest BCUT2D eigenvalue weighted by atomic mass is 127. The van der Waals surface area contributed by atoms with E-state index in [-0.39, 0.29) is 6.10 Å². The molecule has 0 bridgehead atoms. The lowest BCUT2D eigenvalue weighted by molar-refractivity contribution is 0.0929. The van der Waals surface area contributed by atoms with Crippen molar-refractivity contribution >= 4 is 28.4 Å². The van der Waals surface area contributed by atoms with E-state index in [1.807, 2.05) is 36.5 Å². The molecule has 1 aromatic heterocycles. The van der Waals surface area contributed by atoms with Crippen LogP contribution < -0.4 is 4.90 Å². The molecule has 0 amide bonds. The van der Waals surface area contributed by atoms with E-state index < -0.39 is 0 Å². The predicted molar refractivity (Wildman–Crippen MR) is 93.3 cm³/mol. The van der Waals surface area contributed by atoms with Crippen LogP contribution in [0.25, 0.3) is 0 Å². The van der Waals surface area contributed by atoms with E-state index in [4.69, 9.17) is 0 Å². The summed E-state index contributed by atoms with van der Waals surface area (Å²) >= 11 is 2.27. The van der Waals surface area contributed by atoms with Gasteiger partial charge >= 0.3 is 0 Å². The van der Waals surface area contributed by atoms with Crippen molar-refractivity contribution < 1.29 is 5.11 Å². The van der Waals surface area contributed by atoms with Crippen molar-refractivity contribution in [1.82, 2.24) is 4.98 Å². The summed E-state index contributed by atoms with van der Waals surface area (Å²) in [5, 5.41) is 10.5. The van der Waals surface area contributed by atoms with Gasteiger partial charge in [0.2, 0.25) is 0 Å². The first-order valence-electron chi connectivity index (χ1n) is 7.33. The predicted octanol–water partition coefficient (Wildman–Crippen LogP) is 3.64. The van der Waals surface area contributed by atoms with Gasteiger partial charge in [0.15, 0.2) is 0 Å². The fourth-order valence-electron chi connectivity index (χ4n) is 2.92. The van der Waals surface area contributed by atoms with Gasteiger partial charge < -0.3 is 10.0 Å². The van der Waals surface area contributed by atoms with Gasteiger partial charge in [-0.15, -0.1) is 0 Å². The first kappa shape index (κ1) is 14.8. The first-order chi connectivity index (χ1) is 10.2. The molecule has 2 aromatic rings. The number of anilines is 1. The summed E-state index contributed by atoms with van der Waals surface area (Å²) in [6.45, 7) is 1.92. The molecule has 3 rings (SSSR count). The summed E-state index contributed by atoms with van der Waals surface area (Å²) in [4.78, 5) is 6.80. The molecule has 1 saturated heterocycles. The van der Waals surface area contributed by atoms with Crippen molar-refractivity contribution in [3.8, 4) is 0 Å². The highest BCUT2D eigenvalue weighted by Gasteiger charge is 2.26. The molecule has 0 radical (unpaired) electrons. The Morgan fingerprint density at radius 1 is 1.10 bits per heavy atom. The Bertz CT molecular complexity index is 565. The number of nitrogens with zero attached hydrogens (tertiary/aromatic N) is 2. The molecule has 1 aliphatic heterocycles. The van der Waals surface area contributed by atoms with E-state index in [1.165, 1.54) is 0 Å². The molecular formula is C17H19IN2O. The third-order valence-electron chi connectivity index (χ3n) is 4.16. The lowest BCUT2D eigenvalue weighted by atomic mass is 9.87. The molecule has 1 aromatic carbocycles. The van der Waals surface area contributed by atoms with E-state index in [9.17, 15) is 5.11 Å². The maximum absolute atomic E-state index is 10.5. The Morgan fingerprint density at radius 3 is 2.43 bits per heavy atom. The number of halogens is 1. The minimum absolute atomic E-state index is 0.340. The number of hydrogen-bond acceptors (Lipinski definition) is 3. The highest BCUT2D eigenvalue weighted by molar-refractivity contribution is 14.1. The summed E-state index contributed by atoms with van der Waals surface area (Å²) in [6, 6.07) is 14.2. The van der Waals surface area contributed by atoms with Gasteiger partial charge in [0.1, 0.15) is 5.82 Å². The van der Waals surface area contributed by atoms with Gasteiger partial charge in [-0.3, -0.25) is 0 Å². The second-order valence-electron chi connectivity index (χ2n) is 5.51. The molecule has 1 unspecified atom stereocenters. The second-order valence-corrected chi connectivity index (χ2v) is 6.76. The van der Waals surface area contributed by atoms with Crippen molar-refractivity contribution in [3.63, 3.8) is 0 Å². The molecule has 4 heteroatoms. The zero-order chi connectivity index (χ0) is 14.7. The third-order valence-corrected chi connectivity index (χ3v) is 4.80. The van der Waals surface area contributed by atoms with Crippen molar-refractivity contribution in [2.75, 3.05) is 18.0 Å². The number of piperidine rings is 1. The van der Waals surface area contributed by atoms with Gasteiger partial charge in [0, 0.05) is 22.9 Å². The van der Waals surface area contributed by atoms with Gasteiger partial charge in [-0.05, 0) is 59.0 Å². The summed E-state index contributed by atoms with van der Waals surface area (Å²) in [6.07, 6.45) is 3.56. The van der Waals surface area contributed by atoms with Gasteiger partial charge in [-0.2, -0.15) is 0 Å². The van der Waals surface area contributed by atoms with E-state index in [2.05, 4.69) is 44.6 Å². The van der Waals surface area contributed by atoms with Crippen molar-refractivity contribution in [1.29, 1.82) is 0 Å². The number of pyridine rings is 1. The van der Waals surface area contributed by atoms with Crippen LogP contribution in [0, 0.1) is 9.49 Å². The maximum atomic E-state index is 10.5. The minimum Gasteiger partial charge on any atom is -0.388 e. The van der Waals surface area contributed by atoms with Crippen LogP contribution >= 0.6 is 22.6 Å². The normalized spacial score (nSPS) is 17.7. The third kappa shape index (κ3) is 3.55. The number of aliphatic hydroxyl groups is 1. The van der Waals surface area contributed by atoms with Crippen LogP contribution in [-0.4, -0.2) is 23.2 Å². The van der Waals surface area contributed by atoms with Gasteiger partial charge in [-0.25, -0.2) is 4.98 Å². The molecule has 0 saturated carbocycles. The van der Waals surface area contributed by atoms with E-state index in [1.54, 1.807) is 0 Å². The maximum Gasteiger partial charge on any atom is 0.128 e. The van der Waals surface area contributed by atoms with Crippen molar-refractivity contribution in [2.24, 2.45) is 5.92 Å².